The van der Waals surface area contributed by atoms with Crippen molar-refractivity contribution in [2.45, 2.75) is 25.4 Å². The molecule has 1 atom stereocenters. The van der Waals surface area contributed by atoms with Crippen molar-refractivity contribution in [3.8, 4) is 11.5 Å². The van der Waals surface area contributed by atoms with Crippen molar-refractivity contribution in [2.24, 2.45) is 0 Å². The first-order valence-corrected chi connectivity index (χ1v) is 12.5. The third-order valence-electron chi connectivity index (χ3n) is 5.57. The first-order chi connectivity index (χ1) is 16.1. The quantitative estimate of drug-likeness (QED) is 0.402. The highest BCUT2D eigenvalue weighted by molar-refractivity contribution is 7.88. The molecule has 0 spiro atoms. The molecule has 2 N–H and O–H groups in total. The first-order valence-electron chi connectivity index (χ1n) is 10.6. The van der Waals surface area contributed by atoms with Crippen LogP contribution in [0.2, 0.25) is 0 Å². The van der Waals surface area contributed by atoms with Gasteiger partial charge in [-0.1, -0.05) is 6.07 Å². The van der Waals surface area contributed by atoms with Gasteiger partial charge in [0.25, 0.3) is 11.6 Å². The van der Waals surface area contributed by atoms with Crippen molar-refractivity contribution >= 4 is 27.3 Å². The number of non-ortho nitro benzene ring substituents is 1. The van der Waals surface area contributed by atoms with Crippen molar-refractivity contribution in [2.75, 3.05) is 38.9 Å². The molecule has 2 aromatic rings. The highest BCUT2D eigenvalue weighted by atomic mass is 32.2. The maximum Gasteiger partial charge on any atom is 0.270 e. The molecule has 1 heterocycles. The molecule has 1 aliphatic rings. The molecule has 1 amide bonds. The highest BCUT2D eigenvalue weighted by Crippen LogP contribution is 2.28. The zero-order valence-corrected chi connectivity index (χ0v) is 20.1. The second kappa shape index (κ2) is 10.7. The summed E-state index contributed by atoms with van der Waals surface area (Å²) in [6, 6.07) is 8.99. The SMILES string of the molecule is COc1ccc(CNC(=O)c2cc([N+](=O)[O-])ccc2NC2CCCN(S(C)(=O)=O)C2)cc1OC. The van der Waals surface area contributed by atoms with E-state index in [9.17, 15) is 23.3 Å². The zero-order valence-electron chi connectivity index (χ0n) is 19.2. The molecule has 2 aromatic carbocycles. The van der Waals surface area contributed by atoms with Crippen molar-refractivity contribution in [3.05, 3.63) is 57.6 Å². The van der Waals surface area contributed by atoms with E-state index in [-0.39, 0.29) is 30.4 Å². The summed E-state index contributed by atoms with van der Waals surface area (Å²) in [6.45, 7) is 0.852. The minimum absolute atomic E-state index is 0.103. The third kappa shape index (κ3) is 6.14. The Labute approximate surface area is 198 Å². The first kappa shape index (κ1) is 25.2. The van der Waals surface area contributed by atoms with E-state index in [1.165, 1.54) is 36.7 Å². The molecule has 0 saturated carbocycles. The molecular formula is C22H28N4O7S. The lowest BCUT2D eigenvalue weighted by molar-refractivity contribution is -0.384. The molecule has 1 saturated heterocycles. The molecule has 0 radical (unpaired) electrons. The fourth-order valence-corrected chi connectivity index (χ4v) is 4.72. The summed E-state index contributed by atoms with van der Waals surface area (Å²) in [5.74, 6) is 0.565. The minimum Gasteiger partial charge on any atom is -0.493 e. The smallest absolute Gasteiger partial charge is 0.270 e. The number of carbonyl (C=O) groups excluding carboxylic acids is 1. The molecule has 1 unspecified atom stereocenters. The number of sulfonamides is 1. The summed E-state index contributed by atoms with van der Waals surface area (Å²) in [4.78, 5) is 23.7. The molecular weight excluding hydrogens is 464 g/mol. The number of carbonyl (C=O) groups is 1. The van der Waals surface area contributed by atoms with Crippen molar-refractivity contribution < 1.29 is 27.6 Å². The number of ether oxygens (including phenoxy) is 2. The third-order valence-corrected chi connectivity index (χ3v) is 6.84. The molecule has 34 heavy (non-hydrogen) atoms. The fourth-order valence-electron chi connectivity index (χ4n) is 3.81. The largest absolute Gasteiger partial charge is 0.493 e. The van der Waals surface area contributed by atoms with E-state index >= 15 is 0 Å². The lowest BCUT2D eigenvalue weighted by atomic mass is 10.1. The Balaban J connectivity index is 1.79. The summed E-state index contributed by atoms with van der Waals surface area (Å²) in [6.07, 6.45) is 2.53. The number of rotatable bonds is 9. The van der Waals surface area contributed by atoms with Gasteiger partial charge in [0.1, 0.15) is 0 Å². The van der Waals surface area contributed by atoms with Crippen molar-refractivity contribution in [1.29, 1.82) is 0 Å². The van der Waals surface area contributed by atoms with Gasteiger partial charge in [-0.05, 0) is 36.6 Å². The number of hydrogen-bond donors (Lipinski definition) is 2. The van der Waals surface area contributed by atoms with Crippen LogP contribution in [-0.2, 0) is 16.6 Å². The van der Waals surface area contributed by atoms with Crippen LogP contribution in [0.1, 0.15) is 28.8 Å². The number of amides is 1. The number of benzene rings is 2. The molecule has 12 heteroatoms. The van der Waals surface area contributed by atoms with Crippen LogP contribution in [-0.4, -0.2) is 63.2 Å². The van der Waals surface area contributed by atoms with E-state index in [0.717, 1.165) is 11.8 Å². The number of nitrogens with one attached hydrogen (secondary N) is 2. The van der Waals surface area contributed by atoms with Gasteiger partial charge in [0.15, 0.2) is 11.5 Å². The van der Waals surface area contributed by atoms with Gasteiger partial charge in [-0.15, -0.1) is 0 Å². The Morgan fingerprint density at radius 3 is 2.56 bits per heavy atom. The van der Waals surface area contributed by atoms with Crippen LogP contribution < -0.4 is 20.1 Å². The lowest BCUT2D eigenvalue weighted by Gasteiger charge is -2.32. The second-order valence-electron chi connectivity index (χ2n) is 7.96. The number of methoxy groups -OCH3 is 2. The minimum atomic E-state index is -3.34. The Bertz CT molecular complexity index is 1170. The van der Waals surface area contributed by atoms with Gasteiger partial charge in [0, 0.05) is 43.5 Å². The van der Waals surface area contributed by atoms with Crippen LogP contribution in [0.25, 0.3) is 0 Å². The number of nitro benzene ring substituents is 1. The van der Waals surface area contributed by atoms with Gasteiger partial charge in [-0.3, -0.25) is 14.9 Å². The predicted molar refractivity (Wildman–Crippen MR) is 127 cm³/mol. The number of hydrogen-bond acceptors (Lipinski definition) is 8. The number of piperidine rings is 1. The Morgan fingerprint density at radius 2 is 1.91 bits per heavy atom. The fraction of sp³-hybridized carbons (Fsp3) is 0.409. The molecule has 184 valence electrons. The van der Waals surface area contributed by atoms with Crippen LogP contribution in [0.15, 0.2) is 36.4 Å². The normalized spacial score (nSPS) is 16.5. The number of nitrogens with zero attached hydrogens (tertiary/aromatic N) is 2. The summed E-state index contributed by atoms with van der Waals surface area (Å²) in [7, 11) is -0.303. The Hall–Kier alpha value is -3.38. The molecule has 0 aromatic heterocycles. The van der Waals surface area contributed by atoms with Gasteiger partial charge in [-0.25, -0.2) is 12.7 Å². The van der Waals surface area contributed by atoms with E-state index in [0.29, 0.717) is 36.6 Å². The molecule has 0 aliphatic carbocycles. The second-order valence-corrected chi connectivity index (χ2v) is 9.95. The summed E-state index contributed by atoms with van der Waals surface area (Å²) < 4.78 is 35.7. The number of anilines is 1. The predicted octanol–water partition coefficient (Wildman–Crippen LogP) is 2.38. The summed E-state index contributed by atoms with van der Waals surface area (Å²) >= 11 is 0. The van der Waals surface area contributed by atoms with Gasteiger partial charge in [0.05, 0.1) is 31.0 Å². The lowest BCUT2D eigenvalue weighted by Crippen LogP contribution is -2.44. The molecule has 0 bridgehead atoms. The van der Waals surface area contributed by atoms with Crippen molar-refractivity contribution in [3.63, 3.8) is 0 Å². The maximum absolute atomic E-state index is 13.0. The molecule has 3 rings (SSSR count). The highest BCUT2D eigenvalue weighted by Gasteiger charge is 2.27. The van der Waals surface area contributed by atoms with Crippen LogP contribution in [0.3, 0.4) is 0 Å². The van der Waals surface area contributed by atoms with Crippen LogP contribution in [0, 0.1) is 10.1 Å². The van der Waals surface area contributed by atoms with E-state index in [1.54, 1.807) is 18.2 Å². The van der Waals surface area contributed by atoms with Gasteiger partial charge in [0.2, 0.25) is 10.0 Å². The average Bonchev–Trinajstić information content (AvgIpc) is 2.82. The summed E-state index contributed by atoms with van der Waals surface area (Å²) in [5.41, 5.74) is 1.03. The Morgan fingerprint density at radius 1 is 1.18 bits per heavy atom. The van der Waals surface area contributed by atoms with E-state index in [1.807, 2.05) is 0 Å². The standard InChI is InChI=1S/C22H28N4O7S/c1-32-20-9-6-15(11-21(20)33-2)13-23-22(27)18-12-17(26(28)29)7-8-19(18)24-16-5-4-10-25(14-16)34(3,30)31/h6-9,11-12,16,24H,4-5,10,13-14H2,1-3H3,(H,23,27). The van der Waals surface area contributed by atoms with E-state index in [2.05, 4.69) is 10.6 Å². The number of nitro groups is 1. The topological polar surface area (TPSA) is 140 Å². The molecule has 1 aliphatic heterocycles. The van der Waals surface area contributed by atoms with Crippen LogP contribution >= 0.6 is 0 Å². The monoisotopic (exact) mass is 492 g/mol. The van der Waals surface area contributed by atoms with E-state index in [4.69, 9.17) is 9.47 Å². The Kier molecular flexibility index (Phi) is 7.94. The zero-order chi connectivity index (χ0) is 24.9. The van der Waals surface area contributed by atoms with Crippen molar-refractivity contribution in [1.82, 2.24) is 9.62 Å². The summed E-state index contributed by atoms with van der Waals surface area (Å²) in [5, 5.41) is 17.3. The van der Waals surface area contributed by atoms with Crippen LogP contribution in [0.5, 0.6) is 11.5 Å². The maximum atomic E-state index is 13.0. The van der Waals surface area contributed by atoms with E-state index < -0.39 is 20.9 Å². The molecule has 11 nitrogen and oxygen atoms in total. The average molecular weight is 493 g/mol. The van der Waals surface area contributed by atoms with Gasteiger partial charge < -0.3 is 20.1 Å². The molecule has 1 fully saturated rings. The van der Waals surface area contributed by atoms with Gasteiger partial charge >= 0.3 is 0 Å². The van der Waals surface area contributed by atoms with Gasteiger partial charge in [-0.2, -0.15) is 0 Å². The van der Waals surface area contributed by atoms with Crippen LogP contribution in [0.4, 0.5) is 11.4 Å².